The van der Waals surface area contributed by atoms with E-state index >= 15 is 0 Å². The third-order valence-corrected chi connectivity index (χ3v) is 6.55. The van der Waals surface area contributed by atoms with Crippen molar-refractivity contribution in [2.75, 3.05) is 39.4 Å². The van der Waals surface area contributed by atoms with E-state index in [1.54, 1.807) is 0 Å². The number of hydrogen-bond donors (Lipinski definition) is 1. The zero-order valence-corrected chi connectivity index (χ0v) is 18.6. The second kappa shape index (κ2) is 9.65. The Morgan fingerprint density at radius 1 is 1.00 bits per heavy atom. The first-order valence-electron chi connectivity index (χ1n) is 11.5. The van der Waals surface area contributed by atoms with Crippen molar-refractivity contribution < 1.29 is 14.0 Å². The van der Waals surface area contributed by atoms with Crippen LogP contribution in [0.1, 0.15) is 24.2 Å². The zero-order chi connectivity index (χ0) is 22.5. The molecule has 2 aliphatic rings. The number of likely N-dealkylation sites (tertiary alicyclic amines) is 1. The average molecular weight is 445 g/mol. The molecule has 0 atom stereocenters. The van der Waals surface area contributed by atoms with Gasteiger partial charge in [-0.05, 0) is 36.6 Å². The first-order valence-corrected chi connectivity index (χ1v) is 11.5. The smallest absolute Gasteiger partial charge is 0.162 e. The molecule has 0 radical (unpaired) electrons. The lowest BCUT2D eigenvalue weighted by atomic mass is 9.74. The van der Waals surface area contributed by atoms with Gasteiger partial charge in [-0.15, -0.1) is 0 Å². The van der Waals surface area contributed by atoms with Crippen LogP contribution in [0, 0.1) is 11.3 Å². The number of rotatable bonds is 7. The molecule has 1 fully saturated rings. The maximum absolute atomic E-state index is 9.85. The van der Waals surface area contributed by atoms with Gasteiger partial charge >= 0.3 is 0 Å². The van der Waals surface area contributed by atoms with E-state index in [0.29, 0.717) is 19.8 Å². The minimum atomic E-state index is -0.352. The number of ether oxygens (including phenoxy) is 2. The molecule has 170 valence electrons. The van der Waals surface area contributed by atoms with E-state index in [9.17, 15) is 5.26 Å². The summed E-state index contributed by atoms with van der Waals surface area (Å²) in [5.74, 6) is 2.31. The van der Waals surface area contributed by atoms with Crippen molar-refractivity contribution in [2.24, 2.45) is 0 Å². The normalized spacial score (nSPS) is 17.4. The van der Waals surface area contributed by atoms with Gasteiger partial charge in [0.25, 0.3) is 0 Å². The number of fused-ring (bicyclic) bond motifs is 1. The lowest BCUT2D eigenvalue weighted by Crippen LogP contribution is -2.44. The first kappa shape index (κ1) is 21.5. The Labute approximate surface area is 193 Å². The Balaban J connectivity index is 1.08. The second-order valence-corrected chi connectivity index (χ2v) is 8.62. The average Bonchev–Trinajstić information content (AvgIpc) is 3.36. The van der Waals surface area contributed by atoms with Gasteiger partial charge in [0.05, 0.1) is 18.0 Å². The number of nitrogens with one attached hydrogen (secondary N) is 1. The highest BCUT2D eigenvalue weighted by Crippen LogP contribution is 2.35. The van der Waals surface area contributed by atoms with E-state index in [1.807, 2.05) is 42.5 Å². The first-order chi connectivity index (χ1) is 16.3. The number of benzene rings is 2. The van der Waals surface area contributed by atoms with Gasteiger partial charge in [0.1, 0.15) is 18.9 Å². The topological polar surface area (TPSA) is 83.6 Å². The number of piperidine rings is 1. The standard InChI is InChI=1S/C26H28N4O3/c27-19-26(21-4-2-1-3-5-21)8-11-30(12-9-26)13-10-28-18-22-17-23(29-33-22)20-6-7-24-25(16-20)32-15-14-31-24/h1-7,16-17,28H,8-15,18H2. The van der Waals surface area contributed by atoms with Gasteiger partial charge in [-0.1, -0.05) is 35.5 Å². The maximum atomic E-state index is 9.85. The van der Waals surface area contributed by atoms with Crippen LogP contribution in [-0.2, 0) is 12.0 Å². The molecule has 1 aromatic heterocycles. The summed E-state index contributed by atoms with van der Waals surface area (Å²) in [5, 5.41) is 17.5. The largest absolute Gasteiger partial charge is 0.486 e. The van der Waals surface area contributed by atoms with Crippen LogP contribution in [0.5, 0.6) is 11.5 Å². The fraction of sp³-hybridized carbons (Fsp3) is 0.385. The summed E-state index contributed by atoms with van der Waals surface area (Å²) in [7, 11) is 0. The molecule has 0 unspecified atom stereocenters. The van der Waals surface area contributed by atoms with Gasteiger partial charge in [0.2, 0.25) is 0 Å². The molecule has 5 rings (SSSR count). The molecule has 2 aromatic carbocycles. The summed E-state index contributed by atoms with van der Waals surface area (Å²) in [6, 6.07) is 20.6. The van der Waals surface area contributed by atoms with Crippen molar-refractivity contribution in [3.63, 3.8) is 0 Å². The summed E-state index contributed by atoms with van der Waals surface area (Å²) in [4.78, 5) is 2.42. The molecule has 0 spiro atoms. The summed E-state index contributed by atoms with van der Waals surface area (Å²) < 4.78 is 16.7. The highest BCUT2D eigenvalue weighted by atomic mass is 16.6. The Hall–Kier alpha value is -3.34. The number of hydrogen-bond acceptors (Lipinski definition) is 7. The van der Waals surface area contributed by atoms with E-state index in [0.717, 1.165) is 73.1 Å². The van der Waals surface area contributed by atoms with E-state index in [-0.39, 0.29) is 5.41 Å². The van der Waals surface area contributed by atoms with Crippen LogP contribution in [-0.4, -0.2) is 49.4 Å². The molecule has 0 saturated carbocycles. The van der Waals surface area contributed by atoms with Crippen molar-refractivity contribution in [1.82, 2.24) is 15.4 Å². The van der Waals surface area contributed by atoms with Crippen LogP contribution in [0.2, 0.25) is 0 Å². The summed E-state index contributed by atoms with van der Waals surface area (Å²) in [6.07, 6.45) is 1.74. The van der Waals surface area contributed by atoms with Crippen LogP contribution >= 0.6 is 0 Å². The predicted molar refractivity (Wildman–Crippen MR) is 124 cm³/mol. The molecular weight excluding hydrogens is 416 g/mol. The minimum absolute atomic E-state index is 0.352. The second-order valence-electron chi connectivity index (χ2n) is 8.62. The third-order valence-electron chi connectivity index (χ3n) is 6.55. The minimum Gasteiger partial charge on any atom is -0.486 e. The zero-order valence-electron chi connectivity index (χ0n) is 18.6. The molecule has 0 bridgehead atoms. The SMILES string of the molecule is N#CC1(c2ccccc2)CCN(CCNCc2cc(-c3ccc4c(c3)OCCO4)no2)CC1. The lowest BCUT2D eigenvalue weighted by molar-refractivity contribution is 0.171. The molecule has 3 aromatic rings. The fourth-order valence-corrected chi connectivity index (χ4v) is 4.56. The van der Waals surface area contributed by atoms with Crippen LogP contribution in [0.4, 0.5) is 0 Å². The van der Waals surface area contributed by atoms with Crippen molar-refractivity contribution in [2.45, 2.75) is 24.8 Å². The van der Waals surface area contributed by atoms with Crippen LogP contribution < -0.4 is 14.8 Å². The van der Waals surface area contributed by atoms with Crippen LogP contribution in [0.25, 0.3) is 11.3 Å². The van der Waals surface area contributed by atoms with Gasteiger partial charge in [-0.25, -0.2) is 0 Å². The molecule has 1 N–H and O–H groups in total. The number of aromatic nitrogens is 1. The van der Waals surface area contributed by atoms with Gasteiger partial charge in [-0.3, -0.25) is 0 Å². The molecule has 0 amide bonds. The monoisotopic (exact) mass is 444 g/mol. The van der Waals surface area contributed by atoms with Gasteiger partial charge < -0.3 is 24.2 Å². The van der Waals surface area contributed by atoms with Crippen LogP contribution in [0.15, 0.2) is 59.1 Å². The van der Waals surface area contributed by atoms with E-state index < -0.39 is 0 Å². The Morgan fingerprint density at radius 3 is 2.58 bits per heavy atom. The highest BCUT2D eigenvalue weighted by Gasteiger charge is 2.36. The van der Waals surface area contributed by atoms with E-state index in [2.05, 4.69) is 33.6 Å². The highest BCUT2D eigenvalue weighted by molar-refractivity contribution is 5.64. The summed E-state index contributed by atoms with van der Waals surface area (Å²) >= 11 is 0. The van der Waals surface area contributed by atoms with Crippen molar-refractivity contribution >= 4 is 0 Å². The molecule has 7 heteroatoms. The molecule has 2 aliphatic heterocycles. The molecule has 3 heterocycles. The van der Waals surface area contributed by atoms with E-state index in [4.69, 9.17) is 14.0 Å². The molecule has 1 saturated heterocycles. The Bertz CT molecular complexity index is 1110. The Kier molecular flexibility index (Phi) is 6.29. The maximum Gasteiger partial charge on any atom is 0.162 e. The number of nitriles is 1. The van der Waals surface area contributed by atoms with Crippen molar-refractivity contribution in [1.29, 1.82) is 5.26 Å². The molecule has 33 heavy (non-hydrogen) atoms. The van der Waals surface area contributed by atoms with Crippen LogP contribution in [0.3, 0.4) is 0 Å². The molecule has 0 aliphatic carbocycles. The third kappa shape index (κ3) is 4.72. The molecule has 7 nitrogen and oxygen atoms in total. The van der Waals surface area contributed by atoms with E-state index in [1.165, 1.54) is 0 Å². The van der Waals surface area contributed by atoms with Gasteiger partial charge in [0, 0.05) is 37.8 Å². The summed E-state index contributed by atoms with van der Waals surface area (Å²) in [5.41, 5.74) is 2.52. The van der Waals surface area contributed by atoms with Crippen molar-refractivity contribution in [3.8, 4) is 28.8 Å². The number of nitrogens with zero attached hydrogens (tertiary/aromatic N) is 3. The molecular formula is C26H28N4O3. The van der Waals surface area contributed by atoms with Gasteiger partial charge in [0.15, 0.2) is 17.3 Å². The van der Waals surface area contributed by atoms with Crippen molar-refractivity contribution in [3.05, 3.63) is 65.9 Å². The summed E-state index contributed by atoms with van der Waals surface area (Å²) in [6.45, 7) is 5.42. The lowest BCUT2D eigenvalue weighted by Gasteiger charge is -2.37. The quantitative estimate of drug-likeness (QED) is 0.556. The van der Waals surface area contributed by atoms with Gasteiger partial charge in [-0.2, -0.15) is 5.26 Å². The Morgan fingerprint density at radius 2 is 1.79 bits per heavy atom. The predicted octanol–water partition coefficient (Wildman–Crippen LogP) is 3.76. The fourth-order valence-electron chi connectivity index (χ4n) is 4.56.